The molecule has 6 heteroatoms. The number of nitrogens with zero attached hydrogens (tertiary/aromatic N) is 2. The van der Waals surface area contributed by atoms with Crippen molar-refractivity contribution in [2.24, 2.45) is 0 Å². The number of aryl methyl sites for hydroxylation is 2. The number of carbonyl (C=O) groups excluding carboxylic acids is 2. The van der Waals surface area contributed by atoms with Gasteiger partial charge in [-0.05, 0) is 56.7 Å². The number of amides is 2. The van der Waals surface area contributed by atoms with Crippen LogP contribution in [-0.4, -0.2) is 21.6 Å². The largest absolute Gasteiger partial charge is 0.324 e. The number of benzene rings is 2. The summed E-state index contributed by atoms with van der Waals surface area (Å²) < 4.78 is 1.58. The summed E-state index contributed by atoms with van der Waals surface area (Å²) in [7, 11) is 0. The summed E-state index contributed by atoms with van der Waals surface area (Å²) in [5.41, 5.74) is 3.88. The molecule has 138 valence electrons. The molecule has 2 amide bonds. The van der Waals surface area contributed by atoms with Crippen molar-refractivity contribution in [3.8, 4) is 0 Å². The van der Waals surface area contributed by atoms with Gasteiger partial charge >= 0.3 is 0 Å². The van der Waals surface area contributed by atoms with Crippen molar-refractivity contribution in [2.75, 3.05) is 10.6 Å². The van der Waals surface area contributed by atoms with Crippen LogP contribution in [0.3, 0.4) is 0 Å². The molecule has 0 aliphatic heterocycles. The maximum atomic E-state index is 12.5. The Hall–Kier alpha value is -3.41. The Morgan fingerprint density at radius 3 is 2.41 bits per heavy atom. The summed E-state index contributed by atoms with van der Waals surface area (Å²) in [6, 6.07) is 14.1. The molecule has 0 bridgehead atoms. The number of nitrogens with one attached hydrogen (secondary N) is 2. The fraction of sp³-hybridized carbons (Fsp3) is 0.190. The van der Waals surface area contributed by atoms with E-state index in [1.807, 2.05) is 32.0 Å². The van der Waals surface area contributed by atoms with Crippen molar-refractivity contribution in [3.63, 3.8) is 0 Å². The van der Waals surface area contributed by atoms with E-state index in [1.54, 1.807) is 54.3 Å². The molecule has 0 aliphatic rings. The molecule has 0 unspecified atom stereocenters. The highest BCUT2D eigenvalue weighted by atomic mass is 16.2. The zero-order valence-electron chi connectivity index (χ0n) is 15.6. The zero-order chi connectivity index (χ0) is 19.4. The number of carbonyl (C=O) groups is 2. The fourth-order valence-corrected chi connectivity index (χ4v) is 2.82. The first kappa shape index (κ1) is 18.4. The highest BCUT2D eigenvalue weighted by Crippen LogP contribution is 2.19. The molecule has 0 saturated heterocycles. The quantitative estimate of drug-likeness (QED) is 0.721. The molecular weight excluding hydrogens is 340 g/mol. The standard InChI is InChI=1S/C21H22N4O2/c1-14-8-9-19(15(2)12-14)21(27)24-18-7-4-6-17(13-18)23-20(26)16(3)25-11-5-10-22-25/h4-13,16H,1-3H3,(H,23,26)(H,24,27)/t16-/m1/s1. The van der Waals surface area contributed by atoms with E-state index >= 15 is 0 Å². The van der Waals surface area contributed by atoms with Crippen molar-refractivity contribution >= 4 is 23.2 Å². The van der Waals surface area contributed by atoms with E-state index in [9.17, 15) is 9.59 Å². The molecule has 1 atom stereocenters. The second kappa shape index (κ2) is 7.86. The van der Waals surface area contributed by atoms with Gasteiger partial charge in [-0.2, -0.15) is 5.10 Å². The van der Waals surface area contributed by atoms with E-state index in [4.69, 9.17) is 0 Å². The third kappa shape index (κ3) is 4.41. The predicted molar refractivity (Wildman–Crippen MR) is 106 cm³/mol. The summed E-state index contributed by atoms with van der Waals surface area (Å²) >= 11 is 0. The molecule has 1 aromatic heterocycles. The molecule has 0 saturated carbocycles. The van der Waals surface area contributed by atoms with Gasteiger partial charge in [0.1, 0.15) is 6.04 Å². The van der Waals surface area contributed by atoms with Crippen LogP contribution >= 0.6 is 0 Å². The molecule has 2 aromatic carbocycles. The molecule has 2 N–H and O–H groups in total. The number of anilines is 2. The minimum absolute atomic E-state index is 0.180. The molecule has 1 heterocycles. The third-order valence-electron chi connectivity index (χ3n) is 4.32. The van der Waals surface area contributed by atoms with Gasteiger partial charge in [-0.1, -0.05) is 23.8 Å². The Kier molecular flexibility index (Phi) is 5.35. The van der Waals surface area contributed by atoms with Crippen molar-refractivity contribution < 1.29 is 9.59 Å². The zero-order valence-corrected chi connectivity index (χ0v) is 15.6. The minimum atomic E-state index is -0.437. The molecule has 6 nitrogen and oxygen atoms in total. The normalized spacial score (nSPS) is 11.7. The maximum Gasteiger partial charge on any atom is 0.255 e. The average Bonchev–Trinajstić information content (AvgIpc) is 3.15. The predicted octanol–water partition coefficient (Wildman–Crippen LogP) is 3.95. The molecular formula is C21H22N4O2. The van der Waals surface area contributed by atoms with Crippen LogP contribution in [0.1, 0.15) is 34.5 Å². The Morgan fingerprint density at radius 2 is 1.74 bits per heavy atom. The van der Waals surface area contributed by atoms with Crippen LogP contribution < -0.4 is 10.6 Å². The SMILES string of the molecule is Cc1ccc(C(=O)Nc2cccc(NC(=O)[C@@H](C)n3cccn3)c2)c(C)c1. The number of hydrogen-bond acceptors (Lipinski definition) is 3. The lowest BCUT2D eigenvalue weighted by atomic mass is 10.1. The van der Waals surface area contributed by atoms with Crippen LogP contribution in [0.25, 0.3) is 0 Å². The third-order valence-corrected chi connectivity index (χ3v) is 4.32. The van der Waals surface area contributed by atoms with Crippen molar-refractivity contribution in [2.45, 2.75) is 26.8 Å². The van der Waals surface area contributed by atoms with Gasteiger partial charge in [-0.25, -0.2) is 0 Å². The van der Waals surface area contributed by atoms with Gasteiger partial charge in [0.15, 0.2) is 0 Å². The molecule has 0 aliphatic carbocycles. The van der Waals surface area contributed by atoms with Gasteiger partial charge in [0.2, 0.25) is 5.91 Å². The first-order chi connectivity index (χ1) is 12.9. The molecule has 3 aromatic rings. The van der Waals surface area contributed by atoms with Crippen LogP contribution in [0.15, 0.2) is 60.9 Å². The minimum Gasteiger partial charge on any atom is -0.324 e. The Balaban J connectivity index is 1.70. The highest BCUT2D eigenvalue weighted by Gasteiger charge is 2.15. The lowest BCUT2D eigenvalue weighted by molar-refractivity contribution is -0.119. The smallest absolute Gasteiger partial charge is 0.255 e. The van der Waals surface area contributed by atoms with E-state index in [0.717, 1.165) is 11.1 Å². The molecule has 3 rings (SSSR count). The van der Waals surface area contributed by atoms with Gasteiger partial charge in [-0.15, -0.1) is 0 Å². The second-order valence-electron chi connectivity index (χ2n) is 6.50. The van der Waals surface area contributed by atoms with E-state index < -0.39 is 6.04 Å². The summed E-state index contributed by atoms with van der Waals surface area (Å²) in [5.74, 6) is -0.363. The van der Waals surface area contributed by atoms with Crippen molar-refractivity contribution in [3.05, 3.63) is 77.6 Å². The number of aromatic nitrogens is 2. The average molecular weight is 362 g/mol. The van der Waals surface area contributed by atoms with Gasteiger partial charge in [0.25, 0.3) is 5.91 Å². The van der Waals surface area contributed by atoms with Crippen LogP contribution in [0, 0.1) is 13.8 Å². The van der Waals surface area contributed by atoms with Crippen molar-refractivity contribution in [1.82, 2.24) is 9.78 Å². The Labute approximate surface area is 158 Å². The summed E-state index contributed by atoms with van der Waals surface area (Å²) in [5, 5.41) is 9.81. The lowest BCUT2D eigenvalue weighted by Gasteiger charge is -2.14. The molecule has 0 fully saturated rings. The summed E-state index contributed by atoms with van der Waals surface area (Å²) in [6.45, 7) is 5.68. The number of rotatable bonds is 5. The number of hydrogen-bond donors (Lipinski definition) is 2. The van der Waals surface area contributed by atoms with Crippen LogP contribution in [-0.2, 0) is 4.79 Å². The van der Waals surface area contributed by atoms with E-state index in [1.165, 1.54) is 0 Å². The van der Waals surface area contributed by atoms with Crippen molar-refractivity contribution in [1.29, 1.82) is 0 Å². The fourth-order valence-electron chi connectivity index (χ4n) is 2.82. The first-order valence-corrected chi connectivity index (χ1v) is 8.72. The maximum absolute atomic E-state index is 12.5. The van der Waals surface area contributed by atoms with E-state index in [0.29, 0.717) is 16.9 Å². The first-order valence-electron chi connectivity index (χ1n) is 8.72. The monoisotopic (exact) mass is 362 g/mol. The Morgan fingerprint density at radius 1 is 1.00 bits per heavy atom. The Bertz CT molecular complexity index is 964. The summed E-state index contributed by atoms with van der Waals surface area (Å²) in [4.78, 5) is 24.9. The van der Waals surface area contributed by atoms with Crippen LogP contribution in [0.5, 0.6) is 0 Å². The summed E-state index contributed by atoms with van der Waals surface area (Å²) in [6.07, 6.45) is 3.37. The lowest BCUT2D eigenvalue weighted by Crippen LogP contribution is -2.24. The van der Waals surface area contributed by atoms with Gasteiger partial charge in [0, 0.05) is 29.3 Å². The highest BCUT2D eigenvalue weighted by molar-refractivity contribution is 6.05. The van der Waals surface area contributed by atoms with Gasteiger partial charge in [0.05, 0.1) is 0 Å². The second-order valence-corrected chi connectivity index (χ2v) is 6.50. The molecule has 27 heavy (non-hydrogen) atoms. The van der Waals surface area contributed by atoms with Crippen LogP contribution in [0.2, 0.25) is 0 Å². The molecule has 0 spiro atoms. The van der Waals surface area contributed by atoms with E-state index in [-0.39, 0.29) is 11.8 Å². The van der Waals surface area contributed by atoms with E-state index in [2.05, 4.69) is 15.7 Å². The van der Waals surface area contributed by atoms with Gasteiger partial charge in [-0.3, -0.25) is 14.3 Å². The van der Waals surface area contributed by atoms with Crippen LogP contribution in [0.4, 0.5) is 11.4 Å². The van der Waals surface area contributed by atoms with Gasteiger partial charge < -0.3 is 10.6 Å². The topological polar surface area (TPSA) is 76.0 Å². The molecule has 0 radical (unpaired) electrons.